The van der Waals surface area contributed by atoms with E-state index in [0.29, 0.717) is 12.2 Å². The number of aliphatic hydroxyl groups is 1. The summed E-state index contributed by atoms with van der Waals surface area (Å²) in [6, 6.07) is 7.93. The SMILES string of the molecule is CS(=O)(=O)C1CCCC(C(O)CSc2ccccc2Br)C1. The van der Waals surface area contributed by atoms with Crippen LogP contribution in [0, 0.1) is 5.92 Å². The van der Waals surface area contributed by atoms with Crippen LogP contribution >= 0.6 is 27.7 Å². The predicted octanol–water partition coefficient (Wildman–Crippen LogP) is 3.51. The van der Waals surface area contributed by atoms with Crippen molar-refractivity contribution >= 4 is 37.5 Å². The first kappa shape index (κ1) is 17.3. The Kier molecular flexibility index (Phi) is 6.17. The van der Waals surface area contributed by atoms with Gasteiger partial charge < -0.3 is 5.11 Å². The molecule has 1 fully saturated rings. The van der Waals surface area contributed by atoms with Crippen molar-refractivity contribution in [2.24, 2.45) is 5.92 Å². The van der Waals surface area contributed by atoms with E-state index in [9.17, 15) is 13.5 Å². The topological polar surface area (TPSA) is 54.4 Å². The molecule has 1 aliphatic rings. The lowest BCUT2D eigenvalue weighted by Crippen LogP contribution is -2.34. The Labute approximate surface area is 139 Å². The highest BCUT2D eigenvalue weighted by molar-refractivity contribution is 9.10. The number of rotatable bonds is 5. The minimum absolute atomic E-state index is 0.0912. The Morgan fingerprint density at radius 3 is 2.76 bits per heavy atom. The maximum Gasteiger partial charge on any atom is 0.150 e. The highest BCUT2D eigenvalue weighted by Gasteiger charge is 2.32. The molecule has 1 saturated carbocycles. The van der Waals surface area contributed by atoms with E-state index in [1.807, 2.05) is 24.3 Å². The minimum Gasteiger partial charge on any atom is -0.392 e. The van der Waals surface area contributed by atoms with E-state index in [1.54, 1.807) is 11.8 Å². The first-order valence-electron chi connectivity index (χ1n) is 7.12. The molecule has 21 heavy (non-hydrogen) atoms. The van der Waals surface area contributed by atoms with Crippen molar-refractivity contribution in [3.05, 3.63) is 28.7 Å². The van der Waals surface area contributed by atoms with E-state index in [0.717, 1.165) is 28.6 Å². The van der Waals surface area contributed by atoms with E-state index in [-0.39, 0.29) is 11.2 Å². The van der Waals surface area contributed by atoms with Crippen molar-refractivity contribution in [3.8, 4) is 0 Å². The van der Waals surface area contributed by atoms with Crippen molar-refractivity contribution in [2.75, 3.05) is 12.0 Å². The summed E-state index contributed by atoms with van der Waals surface area (Å²) in [5.74, 6) is 0.692. The van der Waals surface area contributed by atoms with Gasteiger partial charge in [-0.2, -0.15) is 0 Å². The Bertz CT molecular complexity index is 574. The van der Waals surface area contributed by atoms with Gasteiger partial charge in [-0.25, -0.2) is 8.42 Å². The third-order valence-electron chi connectivity index (χ3n) is 4.06. The molecule has 0 saturated heterocycles. The fraction of sp³-hybridized carbons (Fsp3) is 0.600. The molecule has 1 aromatic rings. The normalized spacial score (nSPS) is 24.7. The van der Waals surface area contributed by atoms with E-state index >= 15 is 0 Å². The van der Waals surface area contributed by atoms with Gasteiger partial charge in [0.15, 0.2) is 0 Å². The molecular weight excluding hydrogens is 372 g/mol. The summed E-state index contributed by atoms with van der Waals surface area (Å²) in [5, 5.41) is 10.1. The van der Waals surface area contributed by atoms with Crippen LogP contribution in [0.2, 0.25) is 0 Å². The molecule has 3 nitrogen and oxygen atoms in total. The molecule has 6 heteroatoms. The third kappa shape index (κ3) is 4.98. The maximum atomic E-state index is 11.7. The summed E-state index contributed by atoms with van der Waals surface area (Å²) >= 11 is 5.11. The molecule has 0 aliphatic heterocycles. The fourth-order valence-electron chi connectivity index (χ4n) is 2.79. The molecule has 3 atom stereocenters. The Morgan fingerprint density at radius 1 is 1.38 bits per heavy atom. The lowest BCUT2D eigenvalue weighted by molar-refractivity contribution is 0.106. The predicted molar refractivity (Wildman–Crippen MR) is 91.5 cm³/mol. The molecule has 0 amide bonds. The zero-order chi connectivity index (χ0) is 15.5. The highest BCUT2D eigenvalue weighted by Crippen LogP contribution is 2.34. The fourth-order valence-corrected chi connectivity index (χ4v) is 5.62. The van der Waals surface area contributed by atoms with E-state index in [4.69, 9.17) is 0 Å². The summed E-state index contributed by atoms with van der Waals surface area (Å²) in [5.41, 5.74) is 0. The molecule has 0 aromatic heterocycles. The van der Waals surface area contributed by atoms with Crippen molar-refractivity contribution in [1.82, 2.24) is 0 Å². The van der Waals surface area contributed by atoms with Crippen LogP contribution in [0.5, 0.6) is 0 Å². The first-order chi connectivity index (χ1) is 9.88. The van der Waals surface area contributed by atoms with Crippen LogP contribution in [0.3, 0.4) is 0 Å². The zero-order valence-corrected chi connectivity index (χ0v) is 15.3. The monoisotopic (exact) mass is 392 g/mol. The number of aliphatic hydroxyl groups excluding tert-OH is 1. The highest BCUT2D eigenvalue weighted by atomic mass is 79.9. The smallest absolute Gasteiger partial charge is 0.150 e. The molecule has 1 aromatic carbocycles. The summed E-state index contributed by atoms with van der Waals surface area (Å²) < 4.78 is 24.4. The lowest BCUT2D eigenvalue weighted by Gasteiger charge is -2.31. The van der Waals surface area contributed by atoms with Crippen LogP contribution in [0.4, 0.5) is 0 Å². The molecule has 3 unspecified atom stereocenters. The van der Waals surface area contributed by atoms with E-state index < -0.39 is 15.9 Å². The molecule has 118 valence electrons. The van der Waals surface area contributed by atoms with Crippen molar-refractivity contribution in [2.45, 2.75) is 41.9 Å². The zero-order valence-electron chi connectivity index (χ0n) is 12.0. The molecule has 0 bridgehead atoms. The van der Waals surface area contributed by atoms with Gasteiger partial charge in [0.05, 0.1) is 11.4 Å². The number of benzene rings is 1. The first-order valence-corrected chi connectivity index (χ1v) is 10.9. The second kappa shape index (κ2) is 7.49. The Balaban J connectivity index is 1.91. The van der Waals surface area contributed by atoms with Crippen LogP contribution < -0.4 is 0 Å². The largest absolute Gasteiger partial charge is 0.392 e. The summed E-state index contributed by atoms with van der Waals surface area (Å²) in [6.45, 7) is 0. The number of hydrogen-bond acceptors (Lipinski definition) is 4. The molecule has 0 radical (unpaired) electrons. The van der Waals surface area contributed by atoms with Gasteiger partial charge in [0.1, 0.15) is 9.84 Å². The molecule has 2 rings (SSSR count). The van der Waals surface area contributed by atoms with Crippen molar-refractivity contribution in [1.29, 1.82) is 0 Å². The lowest BCUT2D eigenvalue weighted by atomic mass is 9.85. The van der Waals surface area contributed by atoms with Crippen molar-refractivity contribution in [3.63, 3.8) is 0 Å². The van der Waals surface area contributed by atoms with Gasteiger partial charge in [0.2, 0.25) is 0 Å². The average molecular weight is 393 g/mol. The molecule has 0 heterocycles. The van der Waals surface area contributed by atoms with Gasteiger partial charge in [0, 0.05) is 21.4 Å². The van der Waals surface area contributed by atoms with Crippen LogP contribution in [0.25, 0.3) is 0 Å². The number of hydrogen-bond donors (Lipinski definition) is 1. The second-order valence-corrected chi connectivity index (χ2v) is 9.93. The van der Waals surface area contributed by atoms with Gasteiger partial charge >= 0.3 is 0 Å². The third-order valence-corrected chi connectivity index (χ3v) is 7.83. The summed E-state index contributed by atoms with van der Waals surface area (Å²) in [7, 11) is -2.99. The van der Waals surface area contributed by atoms with Crippen LogP contribution in [0.1, 0.15) is 25.7 Å². The van der Waals surface area contributed by atoms with Crippen LogP contribution in [0.15, 0.2) is 33.6 Å². The standard InChI is InChI=1S/C15H21BrO3S2/c1-21(18,19)12-6-4-5-11(9-12)14(17)10-20-15-8-3-2-7-13(15)16/h2-3,7-8,11-12,14,17H,4-6,9-10H2,1H3. The second-order valence-electron chi connectivity index (χ2n) is 5.69. The number of thioether (sulfide) groups is 1. The van der Waals surface area contributed by atoms with Crippen LogP contribution in [-0.2, 0) is 9.84 Å². The molecule has 1 N–H and O–H groups in total. The quantitative estimate of drug-likeness (QED) is 0.778. The maximum absolute atomic E-state index is 11.7. The number of halogens is 1. The van der Waals surface area contributed by atoms with Gasteiger partial charge in [-0.1, -0.05) is 18.6 Å². The number of sulfone groups is 1. The van der Waals surface area contributed by atoms with Gasteiger partial charge in [-0.05, 0) is 53.2 Å². The molecular formula is C15H21BrO3S2. The van der Waals surface area contributed by atoms with Gasteiger partial charge in [-0.3, -0.25) is 0 Å². The van der Waals surface area contributed by atoms with Crippen LogP contribution in [-0.4, -0.2) is 36.9 Å². The molecule has 0 spiro atoms. The minimum atomic E-state index is -2.99. The van der Waals surface area contributed by atoms with Crippen molar-refractivity contribution < 1.29 is 13.5 Å². The molecule has 1 aliphatic carbocycles. The van der Waals surface area contributed by atoms with Gasteiger partial charge in [0.25, 0.3) is 0 Å². The Hall–Kier alpha value is -0.0400. The summed E-state index contributed by atoms with van der Waals surface area (Å²) in [4.78, 5) is 1.10. The van der Waals surface area contributed by atoms with Gasteiger partial charge in [-0.15, -0.1) is 11.8 Å². The van der Waals surface area contributed by atoms with E-state index in [1.165, 1.54) is 6.26 Å². The Morgan fingerprint density at radius 2 is 2.10 bits per heavy atom. The average Bonchev–Trinajstić information content (AvgIpc) is 2.45. The summed E-state index contributed by atoms with van der Waals surface area (Å²) in [6.07, 6.45) is 3.99. The van der Waals surface area contributed by atoms with E-state index in [2.05, 4.69) is 15.9 Å².